The van der Waals surface area contributed by atoms with E-state index in [2.05, 4.69) is 11.8 Å². The quantitative estimate of drug-likeness (QED) is 0.846. The van der Waals surface area contributed by atoms with E-state index in [1.165, 1.54) is 12.8 Å². The van der Waals surface area contributed by atoms with Gasteiger partial charge in [-0.05, 0) is 44.9 Å². The lowest BCUT2D eigenvalue weighted by Gasteiger charge is -2.38. The minimum Gasteiger partial charge on any atom is -0.393 e. The molecule has 0 aromatic heterocycles. The molecule has 2 amide bonds. The second-order valence-corrected chi connectivity index (χ2v) is 6.73. The molecule has 0 bridgehead atoms. The standard InChI is InChI=1S/C16H30N2O2/c1-13-7-10-17(11-8-13)16(20)18-9-5-3-4-6-15(18)12-14(2)19/h13-15,19H,3-12H2,1-2H3. The second-order valence-electron chi connectivity index (χ2n) is 6.73. The fourth-order valence-corrected chi connectivity index (χ4v) is 3.45. The zero-order valence-electron chi connectivity index (χ0n) is 13.1. The van der Waals surface area contributed by atoms with E-state index < -0.39 is 0 Å². The highest BCUT2D eigenvalue weighted by Crippen LogP contribution is 2.24. The van der Waals surface area contributed by atoms with Crippen LogP contribution in [0.25, 0.3) is 0 Å². The van der Waals surface area contributed by atoms with Gasteiger partial charge >= 0.3 is 6.03 Å². The first kappa shape index (κ1) is 15.6. The first-order valence-corrected chi connectivity index (χ1v) is 8.31. The highest BCUT2D eigenvalue weighted by Gasteiger charge is 2.30. The Balaban J connectivity index is 1.99. The molecule has 2 heterocycles. The van der Waals surface area contributed by atoms with Gasteiger partial charge in [0.15, 0.2) is 0 Å². The number of carbonyl (C=O) groups excluding carboxylic acids is 1. The molecule has 2 rings (SSSR count). The number of rotatable bonds is 2. The lowest BCUT2D eigenvalue weighted by molar-refractivity contribution is 0.0943. The van der Waals surface area contributed by atoms with Crippen LogP contribution in [-0.2, 0) is 0 Å². The number of amides is 2. The minimum atomic E-state index is -0.324. The SMILES string of the molecule is CC(O)CC1CCCCCN1C(=O)N1CCC(C)CC1. The van der Waals surface area contributed by atoms with Crippen LogP contribution in [0.15, 0.2) is 0 Å². The average Bonchev–Trinajstić information content (AvgIpc) is 2.63. The first-order chi connectivity index (χ1) is 9.58. The molecule has 2 saturated heterocycles. The third-order valence-electron chi connectivity index (χ3n) is 4.79. The summed E-state index contributed by atoms with van der Waals surface area (Å²) in [5.74, 6) is 0.747. The van der Waals surface area contributed by atoms with Gasteiger partial charge in [-0.25, -0.2) is 4.79 Å². The molecule has 0 aromatic carbocycles. The van der Waals surface area contributed by atoms with Crippen molar-refractivity contribution in [3.05, 3.63) is 0 Å². The lowest BCUT2D eigenvalue weighted by Crippen LogP contribution is -2.50. The van der Waals surface area contributed by atoms with Crippen molar-refractivity contribution in [2.75, 3.05) is 19.6 Å². The van der Waals surface area contributed by atoms with Gasteiger partial charge in [0, 0.05) is 25.7 Å². The molecule has 1 N–H and O–H groups in total. The van der Waals surface area contributed by atoms with Crippen molar-refractivity contribution in [3.63, 3.8) is 0 Å². The molecule has 2 unspecified atom stereocenters. The van der Waals surface area contributed by atoms with Crippen LogP contribution in [0.2, 0.25) is 0 Å². The minimum absolute atomic E-state index is 0.212. The molecule has 0 aromatic rings. The summed E-state index contributed by atoms with van der Waals surface area (Å²) in [5, 5.41) is 9.69. The van der Waals surface area contributed by atoms with Gasteiger partial charge in [-0.1, -0.05) is 19.8 Å². The van der Waals surface area contributed by atoms with Gasteiger partial charge in [-0.3, -0.25) is 0 Å². The molecule has 2 atom stereocenters. The monoisotopic (exact) mass is 282 g/mol. The molecule has 4 nitrogen and oxygen atoms in total. The third-order valence-corrected chi connectivity index (χ3v) is 4.79. The maximum absolute atomic E-state index is 12.8. The molecule has 4 heteroatoms. The number of likely N-dealkylation sites (tertiary alicyclic amines) is 2. The number of aliphatic hydroxyl groups is 1. The summed E-state index contributed by atoms with van der Waals surface area (Å²) in [6.45, 7) is 6.76. The van der Waals surface area contributed by atoms with Crippen LogP contribution in [0.3, 0.4) is 0 Å². The van der Waals surface area contributed by atoms with Gasteiger partial charge in [-0.2, -0.15) is 0 Å². The topological polar surface area (TPSA) is 43.8 Å². The van der Waals surface area contributed by atoms with Crippen LogP contribution in [0.4, 0.5) is 4.79 Å². The van der Waals surface area contributed by atoms with Crippen LogP contribution in [0.5, 0.6) is 0 Å². The summed E-state index contributed by atoms with van der Waals surface area (Å²) in [6.07, 6.45) is 7.18. The van der Waals surface area contributed by atoms with Crippen molar-refractivity contribution in [3.8, 4) is 0 Å². The Morgan fingerprint density at radius 2 is 1.85 bits per heavy atom. The smallest absolute Gasteiger partial charge is 0.320 e. The summed E-state index contributed by atoms with van der Waals surface area (Å²) in [4.78, 5) is 16.9. The average molecular weight is 282 g/mol. The summed E-state index contributed by atoms with van der Waals surface area (Å²) in [7, 11) is 0. The molecule has 20 heavy (non-hydrogen) atoms. The molecule has 0 aliphatic carbocycles. The molecule has 2 fully saturated rings. The number of hydrogen-bond acceptors (Lipinski definition) is 2. The van der Waals surface area contributed by atoms with E-state index in [-0.39, 0.29) is 18.2 Å². The van der Waals surface area contributed by atoms with E-state index in [4.69, 9.17) is 0 Å². The van der Waals surface area contributed by atoms with Crippen molar-refractivity contribution in [1.82, 2.24) is 9.80 Å². The number of aliphatic hydroxyl groups excluding tert-OH is 1. The molecular weight excluding hydrogens is 252 g/mol. The predicted octanol–water partition coefficient (Wildman–Crippen LogP) is 2.85. The third kappa shape index (κ3) is 4.11. The summed E-state index contributed by atoms with van der Waals surface area (Å²) in [6, 6.07) is 0.439. The Hall–Kier alpha value is -0.770. The van der Waals surface area contributed by atoms with Gasteiger partial charge in [0.2, 0.25) is 0 Å². The van der Waals surface area contributed by atoms with Crippen molar-refractivity contribution < 1.29 is 9.90 Å². The van der Waals surface area contributed by atoms with Gasteiger partial charge < -0.3 is 14.9 Å². The highest BCUT2D eigenvalue weighted by molar-refractivity contribution is 5.75. The zero-order valence-corrected chi connectivity index (χ0v) is 13.1. The number of urea groups is 1. The number of hydrogen-bond donors (Lipinski definition) is 1. The lowest BCUT2D eigenvalue weighted by atomic mass is 9.99. The van der Waals surface area contributed by atoms with Crippen molar-refractivity contribution in [2.45, 2.75) is 70.9 Å². The first-order valence-electron chi connectivity index (χ1n) is 8.31. The summed E-state index contributed by atoms with van der Waals surface area (Å²) >= 11 is 0. The molecule has 2 aliphatic heterocycles. The summed E-state index contributed by atoms with van der Waals surface area (Å²) < 4.78 is 0. The van der Waals surface area contributed by atoms with E-state index in [0.29, 0.717) is 0 Å². The van der Waals surface area contributed by atoms with Gasteiger partial charge in [0.05, 0.1) is 6.10 Å². The highest BCUT2D eigenvalue weighted by atomic mass is 16.3. The molecule has 0 saturated carbocycles. The van der Waals surface area contributed by atoms with E-state index in [1.54, 1.807) is 0 Å². The zero-order chi connectivity index (χ0) is 14.5. The van der Waals surface area contributed by atoms with Crippen LogP contribution in [0.1, 0.15) is 58.8 Å². The van der Waals surface area contributed by atoms with Crippen LogP contribution in [0, 0.1) is 5.92 Å². The number of carbonyl (C=O) groups is 1. The van der Waals surface area contributed by atoms with E-state index in [0.717, 1.165) is 57.7 Å². The fourth-order valence-electron chi connectivity index (χ4n) is 3.45. The van der Waals surface area contributed by atoms with Crippen molar-refractivity contribution in [2.24, 2.45) is 5.92 Å². The Kier molecular flexibility index (Phi) is 5.70. The Labute approximate surface area is 123 Å². The van der Waals surface area contributed by atoms with Crippen molar-refractivity contribution >= 4 is 6.03 Å². The number of nitrogens with zero attached hydrogens (tertiary/aromatic N) is 2. The van der Waals surface area contributed by atoms with E-state index in [9.17, 15) is 9.90 Å². The normalized spacial score (nSPS) is 27.2. The van der Waals surface area contributed by atoms with E-state index >= 15 is 0 Å². The maximum atomic E-state index is 12.8. The van der Waals surface area contributed by atoms with Gasteiger partial charge in [0.25, 0.3) is 0 Å². The van der Waals surface area contributed by atoms with Gasteiger partial charge in [0.1, 0.15) is 0 Å². The second kappa shape index (κ2) is 7.30. The largest absolute Gasteiger partial charge is 0.393 e. The molecule has 116 valence electrons. The Morgan fingerprint density at radius 1 is 1.15 bits per heavy atom. The van der Waals surface area contributed by atoms with E-state index in [1.807, 2.05) is 11.8 Å². The molecule has 2 aliphatic rings. The van der Waals surface area contributed by atoms with Crippen LogP contribution >= 0.6 is 0 Å². The van der Waals surface area contributed by atoms with Crippen molar-refractivity contribution in [1.29, 1.82) is 0 Å². The van der Waals surface area contributed by atoms with Gasteiger partial charge in [-0.15, -0.1) is 0 Å². The number of piperidine rings is 1. The fraction of sp³-hybridized carbons (Fsp3) is 0.938. The van der Waals surface area contributed by atoms with Crippen LogP contribution < -0.4 is 0 Å². The van der Waals surface area contributed by atoms with Crippen LogP contribution in [-0.4, -0.2) is 52.7 Å². The summed E-state index contributed by atoms with van der Waals surface area (Å²) in [5.41, 5.74) is 0. The molecule has 0 radical (unpaired) electrons. The molecular formula is C16H30N2O2. The molecule has 0 spiro atoms. The predicted molar refractivity (Wildman–Crippen MR) is 80.6 cm³/mol. The maximum Gasteiger partial charge on any atom is 0.320 e. The Morgan fingerprint density at radius 3 is 2.50 bits per heavy atom. The Bertz CT molecular complexity index is 312.